The fraction of sp³-hybridized carbons (Fsp3) is 0.889. The number of allylic oxidation sites excluding steroid dienone is 2. The third-order valence-corrected chi connectivity index (χ3v) is 19.7. The Labute approximate surface area is 194 Å². The van der Waals surface area contributed by atoms with Crippen LogP contribution in [-0.2, 0) is 4.79 Å². The van der Waals surface area contributed by atoms with E-state index in [1.54, 1.807) is 10.4 Å². The van der Waals surface area contributed by atoms with Gasteiger partial charge >= 0.3 is 195 Å². The van der Waals surface area contributed by atoms with Crippen molar-refractivity contribution in [3.05, 3.63) is 11.6 Å². The average molecular weight is 493 g/mol. The van der Waals surface area contributed by atoms with E-state index >= 15 is 0 Å². The molecule has 3 heteroatoms. The molecule has 0 spiro atoms. The number of unbranched alkanes of at least 4 members (excludes halogenated alkanes) is 2. The van der Waals surface area contributed by atoms with Crippen LogP contribution in [0.5, 0.6) is 0 Å². The summed E-state index contributed by atoms with van der Waals surface area (Å²) in [5, 5.41) is 4.05. The van der Waals surface area contributed by atoms with E-state index in [4.69, 9.17) is 0 Å². The normalized spacial score (nSPS) is 40.7. The summed E-state index contributed by atoms with van der Waals surface area (Å²) in [6.07, 6.45) is 18.4. The van der Waals surface area contributed by atoms with Crippen LogP contribution < -0.4 is 0 Å². The van der Waals surface area contributed by atoms with Gasteiger partial charge in [0.15, 0.2) is 0 Å². The Morgan fingerprint density at radius 3 is 2.37 bits per heavy atom. The van der Waals surface area contributed by atoms with Crippen LogP contribution >= 0.6 is 10.0 Å². The molecule has 0 saturated heterocycles. The molecule has 30 heavy (non-hydrogen) atoms. The molecule has 170 valence electrons. The second-order valence-corrected chi connectivity index (χ2v) is 20.1. The molecular formula is C27H45AsOS. The number of fused-ring (bicyclic) bond motifs is 5. The first-order valence-electron chi connectivity index (χ1n) is 13.1. The van der Waals surface area contributed by atoms with Crippen LogP contribution in [0.15, 0.2) is 11.6 Å². The minimum atomic E-state index is -0.700. The predicted octanol–water partition coefficient (Wildman–Crippen LogP) is 8.21. The standard InChI is InChI=1S/C27H45AsOS/c1-5-7-17-28(18-8-6-2)30-21-13-15-26(3)20(19-21)9-10-22-23-11-12-25(29)27(23,4)16-14-24(22)26/h9,21-24H,5-8,10-19H2,1-4H3/t21?,22-,23-,24-,26-,27-/m0/s1. The van der Waals surface area contributed by atoms with Gasteiger partial charge in [-0.05, 0) is 0 Å². The molecule has 0 radical (unpaired) electrons. The van der Waals surface area contributed by atoms with Crippen LogP contribution in [-0.4, -0.2) is 24.5 Å². The molecule has 0 aromatic rings. The van der Waals surface area contributed by atoms with Crippen molar-refractivity contribution in [1.29, 1.82) is 0 Å². The van der Waals surface area contributed by atoms with E-state index in [0.717, 1.165) is 23.5 Å². The summed E-state index contributed by atoms with van der Waals surface area (Å²) in [6.45, 7) is 9.66. The van der Waals surface area contributed by atoms with Gasteiger partial charge in [-0.15, -0.1) is 0 Å². The zero-order valence-corrected chi connectivity index (χ0v) is 22.7. The van der Waals surface area contributed by atoms with Crippen molar-refractivity contribution in [2.75, 3.05) is 0 Å². The van der Waals surface area contributed by atoms with E-state index in [0.29, 0.717) is 17.1 Å². The monoisotopic (exact) mass is 492 g/mol. The minimum absolute atomic E-state index is 0.0214. The van der Waals surface area contributed by atoms with Gasteiger partial charge < -0.3 is 0 Å². The molecule has 4 rings (SSSR count). The summed E-state index contributed by atoms with van der Waals surface area (Å²) in [5.41, 5.74) is 2.30. The topological polar surface area (TPSA) is 17.1 Å². The molecule has 0 amide bonds. The molecule has 6 atom stereocenters. The van der Waals surface area contributed by atoms with Gasteiger partial charge in [0.1, 0.15) is 0 Å². The third-order valence-electron chi connectivity index (χ3n) is 9.59. The summed E-state index contributed by atoms with van der Waals surface area (Å²) in [6, 6.07) is 0. The number of rotatable bonds is 8. The number of hydrogen-bond donors (Lipinski definition) is 0. The zero-order valence-electron chi connectivity index (χ0n) is 20.0. The maximum absolute atomic E-state index is 12.6. The van der Waals surface area contributed by atoms with Crippen LogP contribution in [0.25, 0.3) is 0 Å². The van der Waals surface area contributed by atoms with E-state index < -0.39 is 13.5 Å². The Hall–Kier alpha value is 0.318. The quantitative estimate of drug-likeness (QED) is 0.251. The molecule has 0 aromatic heterocycles. The molecule has 0 aromatic carbocycles. The van der Waals surface area contributed by atoms with Crippen molar-refractivity contribution in [2.24, 2.45) is 28.6 Å². The van der Waals surface area contributed by atoms with Crippen molar-refractivity contribution in [3.8, 4) is 0 Å². The zero-order chi connectivity index (χ0) is 21.4. The van der Waals surface area contributed by atoms with Crippen LogP contribution in [0.1, 0.15) is 105 Å². The van der Waals surface area contributed by atoms with Crippen LogP contribution in [0.2, 0.25) is 10.4 Å². The Kier molecular flexibility index (Phi) is 7.56. The molecule has 0 aliphatic heterocycles. The van der Waals surface area contributed by atoms with Gasteiger partial charge in [0.25, 0.3) is 0 Å². The summed E-state index contributed by atoms with van der Waals surface area (Å²) in [4.78, 5) is 12.6. The molecule has 0 bridgehead atoms. The Balaban J connectivity index is 1.44. The molecule has 3 fully saturated rings. The maximum atomic E-state index is 12.6. The summed E-state index contributed by atoms with van der Waals surface area (Å²) in [5.74, 6) is 2.89. The third kappa shape index (κ3) is 4.27. The van der Waals surface area contributed by atoms with Gasteiger partial charge in [0.2, 0.25) is 0 Å². The Morgan fingerprint density at radius 1 is 1.00 bits per heavy atom. The fourth-order valence-electron chi connectivity index (χ4n) is 7.59. The molecular weight excluding hydrogens is 447 g/mol. The molecule has 3 saturated carbocycles. The summed E-state index contributed by atoms with van der Waals surface area (Å²) < 4.78 is 0. The number of hydrogen-bond acceptors (Lipinski definition) is 2. The molecule has 1 nitrogen and oxygen atoms in total. The van der Waals surface area contributed by atoms with Crippen LogP contribution in [0.4, 0.5) is 0 Å². The van der Waals surface area contributed by atoms with Gasteiger partial charge in [0, 0.05) is 0 Å². The van der Waals surface area contributed by atoms with Crippen molar-refractivity contribution < 1.29 is 4.79 Å². The van der Waals surface area contributed by atoms with Crippen LogP contribution in [0.3, 0.4) is 0 Å². The second kappa shape index (κ2) is 9.67. The average Bonchev–Trinajstić information content (AvgIpc) is 3.05. The summed E-state index contributed by atoms with van der Waals surface area (Å²) in [7, 11) is 2.50. The van der Waals surface area contributed by atoms with Crippen molar-refractivity contribution in [2.45, 2.75) is 120 Å². The SMILES string of the molecule is CCCC[As](CCCC)SC1CC[C@@]2(C)C(=CC[C@@H]3[C@@H]2CC[C@]2(C)C(=O)CC[C@@H]32)C1. The fourth-order valence-corrected chi connectivity index (χ4v) is 18.4. The van der Waals surface area contributed by atoms with E-state index in [-0.39, 0.29) is 5.41 Å². The number of carbonyl (C=O) groups is 1. The van der Waals surface area contributed by atoms with Crippen molar-refractivity contribution >= 4 is 29.3 Å². The molecule has 4 aliphatic carbocycles. The number of Topliss-reactive ketones (excluding diaryl/α,β-unsaturated/α-hetero) is 1. The van der Waals surface area contributed by atoms with E-state index in [1.165, 1.54) is 70.6 Å². The predicted molar refractivity (Wildman–Crippen MR) is 133 cm³/mol. The van der Waals surface area contributed by atoms with Crippen molar-refractivity contribution in [1.82, 2.24) is 0 Å². The van der Waals surface area contributed by atoms with E-state index in [1.807, 2.05) is 5.57 Å². The molecule has 0 N–H and O–H groups in total. The molecule has 1 unspecified atom stereocenters. The van der Waals surface area contributed by atoms with E-state index in [9.17, 15) is 4.79 Å². The first-order valence-corrected chi connectivity index (χ1v) is 18.9. The van der Waals surface area contributed by atoms with Gasteiger partial charge in [-0.25, -0.2) is 0 Å². The molecule has 0 heterocycles. The second-order valence-electron chi connectivity index (χ2n) is 11.3. The van der Waals surface area contributed by atoms with Gasteiger partial charge in [0.05, 0.1) is 0 Å². The number of carbonyl (C=O) groups excluding carboxylic acids is 1. The molecule has 4 aliphatic rings. The van der Waals surface area contributed by atoms with E-state index in [2.05, 4.69) is 43.8 Å². The number of ketones is 1. The Morgan fingerprint density at radius 2 is 1.67 bits per heavy atom. The van der Waals surface area contributed by atoms with Gasteiger partial charge in [-0.1, -0.05) is 0 Å². The van der Waals surface area contributed by atoms with Gasteiger partial charge in [-0.2, -0.15) is 0 Å². The van der Waals surface area contributed by atoms with Crippen LogP contribution in [0, 0.1) is 28.6 Å². The van der Waals surface area contributed by atoms with Crippen molar-refractivity contribution in [3.63, 3.8) is 0 Å². The first kappa shape index (κ1) is 23.5. The summed E-state index contributed by atoms with van der Waals surface area (Å²) >= 11 is -0.700. The van der Waals surface area contributed by atoms with Gasteiger partial charge in [-0.3, -0.25) is 0 Å². The Bertz CT molecular complexity index is 651. The first-order chi connectivity index (χ1) is 14.4.